The number of hydrogen-bond donors (Lipinski definition) is 0. The zero-order valence-corrected chi connectivity index (χ0v) is 12.1. The maximum absolute atomic E-state index is 5.14. The van der Waals surface area contributed by atoms with Crippen LogP contribution in [0.5, 0.6) is 5.75 Å². The van der Waals surface area contributed by atoms with E-state index in [1.54, 1.807) is 7.11 Å². The zero-order chi connectivity index (χ0) is 13.1. The minimum atomic E-state index is 0.736. The topological polar surface area (TPSA) is 38.2 Å². The van der Waals surface area contributed by atoms with Gasteiger partial charge in [0.2, 0.25) is 0 Å². The van der Waals surface area contributed by atoms with Gasteiger partial charge in [-0.2, -0.15) is 0 Å². The molecule has 5 heteroatoms. The van der Waals surface area contributed by atoms with Gasteiger partial charge in [0.15, 0.2) is 0 Å². The van der Waals surface area contributed by atoms with Crippen molar-refractivity contribution in [2.24, 2.45) is 0 Å². The Kier molecular flexibility index (Phi) is 3.81. The van der Waals surface area contributed by atoms with E-state index in [4.69, 9.17) is 4.74 Å². The normalized spacial score (nSPS) is 10.2. The molecule has 18 heavy (non-hydrogen) atoms. The molecule has 0 amide bonds. The van der Waals surface area contributed by atoms with Crippen LogP contribution in [0.15, 0.2) is 34.9 Å². The molecule has 4 nitrogen and oxygen atoms in total. The van der Waals surface area contributed by atoms with Crippen molar-refractivity contribution < 1.29 is 4.74 Å². The Labute approximate surface area is 115 Å². The molecule has 0 radical (unpaired) electrons. The fourth-order valence-corrected chi connectivity index (χ4v) is 2.09. The number of methoxy groups -OCH3 is 1. The summed E-state index contributed by atoms with van der Waals surface area (Å²) in [6.45, 7) is 1.87. The van der Waals surface area contributed by atoms with Gasteiger partial charge in [-0.3, -0.25) is 0 Å². The van der Waals surface area contributed by atoms with Crippen LogP contribution in [0.3, 0.4) is 0 Å². The van der Waals surface area contributed by atoms with E-state index in [-0.39, 0.29) is 0 Å². The molecule has 0 aliphatic carbocycles. The first-order chi connectivity index (χ1) is 8.60. The van der Waals surface area contributed by atoms with Gasteiger partial charge >= 0.3 is 0 Å². The molecule has 0 aliphatic rings. The van der Waals surface area contributed by atoms with Crippen LogP contribution in [-0.2, 0) is 0 Å². The minimum Gasteiger partial charge on any atom is -0.497 e. The van der Waals surface area contributed by atoms with E-state index in [1.807, 2.05) is 49.2 Å². The first-order valence-electron chi connectivity index (χ1n) is 5.49. The van der Waals surface area contributed by atoms with Gasteiger partial charge in [-0.25, -0.2) is 9.97 Å². The van der Waals surface area contributed by atoms with Gasteiger partial charge in [-0.1, -0.05) is 0 Å². The number of halogens is 1. The highest BCUT2D eigenvalue weighted by Gasteiger charge is 2.07. The predicted molar refractivity (Wildman–Crippen MR) is 75.5 cm³/mol. The molecule has 0 atom stereocenters. The summed E-state index contributed by atoms with van der Waals surface area (Å²) < 4.78 is 5.92. The van der Waals surface area contributed by atoms with Crippen LogP contribution in [0.2, 0.25) is 0 Å². The Morgan fingerprint density at radius 3 is 2.39 bits per heavy atom. The van der Waals surface area contributed by atoms with Crippen molar-refractivity contribution in [2.75, 3.05) is 19.1 Å². The molecule has 0 bridgehead atoms. The molecule has 2 rings (SSSR count). The quantitative estimate of drug-likeness (QED) is 0.815. The van der Waals surface area contributed by atoms with E-state index < -0.39 is 0 Å². The fraction of sp³-hybridized carbons (Fsp3) is 0.231. The number of hydrogen-bond acceptors (Lipinski definition) is 4. The van der Waals surface area contributed by atoms with Gasteiger partial charge < -0.3 is 9.64 Å². The molecule has 0 saturated heterocycles. The van der Waals surface area contributed by atoms with E-state index in [2.05, 4.69) is 25.9 Å². The molecule has 1 aromatic carbocycles. The van der Waals surface area contributed by atoms with Crippen molar-refractivity contribution in [3.63, 3.8) is 0 Å². The average molecular weight is 308 g/mol. The third kappa shape index (κ3) is 2.79. The van der Waals surface area contributed by atoms with Crippen molar-refractivity contribution in [1.82, 2.24) is 9.97 Å². The van der Waals surface area contributed by atoms with Crippen LogP contribution in [0.25, 0.3) is 0 Å². The molecule has 2 aromatic rings. The zero-order valence-electron chi connectivity index (χ0n) is 10.5. The highest BCUT2D eigenvalue weighted by molar-refractivity contribution is 9.10. The highest BCUT2D eigenvalue weighted by atomic mass is 79.9. The molecule has 1 aromatic heterocycles. The van der Waals surface area contributed by atoms with Gasteiger partial charge in [0.25, 0.3) is 0 Å². The molecular formula is C13H14BrN3O. The first-order valence-corrected chi connectivity index (χ1v) is 6.28. The average Bonchev–Trinajstić information content (AvgIpc) is 2.37. The van der Waals surface area contributed by atoms with E-state index >= 15 is 0 Å². The monoisotopic (exact) mass is 307 g/mol. The third-order valence-corrected chi connectivity index (χ3v) is 3.00. The lowest BCUT2D eigenvalue weighted by atomic mass is 10.3. The number of benzene rings is 1. The van der Waals surface area contributed by atoms with Gasteiger partial charge in [-0.15, -0.1) is 0 Å². The number of ether oxygens (including phenoxy) is 1. The second-order valence-corrected chi connectivity index (χ2v) is 4.67. The maximum atomic E-state index is 5.14. The van der Waals surface area contributed by atoms with Crippen LogP contribution in [0.1, 0.15) is 5.82 Å². The van der Waals surface area contributed by atoms with Crippen LogP contribution in [0.4, 0.5) is 11.5 Å². The standard InChI is InChI=1S/C13H14BrN3O/c1-9-15-12(14)8-13(16-9)17(2)10-4-6-11(18-3)7-5-10/h4-8H,1-3H3. The summed E-state index contributed by atoms with van der Waals surface area (Å²) in [7, 11) is 3.62. The van der Waals surface area contributed by atoms with Gasteiger partial charge in [0, 0.05) is 18.8 Å². The summed E-state index contributed by atoms with van der Waals surface area (Å²) in [5.41, 5.74) is 1.04. The molecule has 0 fully saturated rings. The minimum absolute atomic E-state index is 0.736. The maximum Gasteiger partial charge on any atom is 0.137 e. The lowest BCUT2D eigenvalue weighted by Crippen LogP contribution is -2.12. The van der Waals surface area contributed by atoms with E-state index in [9.17, 15) is 0 Å². The van der Waals surface area contributed by atoms with E-state index in [1.165, 1.54) is 0 Å². The molecule has 94 valence electrons. The summed E-state index contributed by atoms with van der Waals surface area (Å²) in [6.07, 6.45) is 0. The van der Waals surface area contributed by atoms with Crippen molar-refractivity contribution in [3.05, 3.63) is 40.8 Å². The summed E-state index contributed by atoms with van der Waals surface area (Å²) in [5, 5.41) is 0. The van der Waals surface area contributed by atoms with Crippen LogP contribution >= 0.6 is 15.9 Å². The van der Waals surface area contributed by atoms with E-state index in [0.29, 0.717) is 0 Å². The summed E-state index contributed by atoms with van der Waals surface area (Å²) in [5.74, 6) is 2.42. The largest absolute Gasteiger partial charge is 0.497 e. The Morgan fingerprint density at radius 2 is 1.83 bits per heavy atom. The van der Waals surface area contributed by atoms with Crippen LogP contribution in [0, 0.1) is 6.92 Å². The van der Waals surface area contributed by atoms with Gasteiger partial charge in [-0.05, 0) is 47.1 Å². The summed E-state index contributed by atoms with van der Waals surface area (Å²) >= 11 is 3.38. The smallest absolute Gasteiger partial charge is 0.137 e. The lowest BCUT2D eigenvalue weighted by molar-refractivity contribution is 0.415. The SMILES string of the molecule is COc1ccc(N(C)c2cc(Br)nc(C)n2)cc1. The van der Waals surface area contributed by atoms with Gasteiger partial charge in [0.1, 0.15) is 22.0 Å². The van der Waals surface area contributed by atoms with Crippen LogP contribution < -0.4 is 9.64 Å². The first kappa shape index (κ1) is 12.8. The Morgan fingerprint density at radius 1 is 1.17 bits per heavy atom. The molecule has 1 heterocycles. The van der Waals surface area contributed by atoms with Crippen molar-refractivity contribution in [2.45, 2.75) is 6.92 Å². The van der Waals surface area contributed by atoms with Crippen LogP contribution in [-0.4, -0.2) is 24.1 Å². The number of rotatable bonds is 3. The summed E-state index contributed by atoms with van der Waals surface area (Å²) in [4.78, 5) is 10.6. The molecule has 0 N–H and O–H groups in total. The second kappa shape index (κ2) is 5.35. The number of aryl methyl sites for hydroxylation is 1. The molecule has 0 spiro atoms. The Hall–Kier alpha value is -1.62. The second-order valence-electron chi connectivity index (χ2n) is 3.85. The molecule has 0 aliphatic heterocycles. The predicted octanol–water partition coefficient (Wildman–Crippen LogP) is 3.32. The highest BCUT2D eigenvalue weighted by Crippen LogP contribution is 2.25. The Balaban J connectivity index is 2.31. The van der Waals surface area contributed by atoms with E-state index in [0.717, 1.165) is 27.7 Å². The Bertz CT molecular complexity index is 522. The number of aromatic nitrogens is 2. The van der Waals surface area contributed by atoms with Gasteiger partial charge in [0.05, 0.1) is 7.11 Å². The van der Waals surface area contributed by atoms with Crippen molar-refractivity contribution >= 4 is 27.4 Å². The third-order valence-electron chi connectivity index (χ3n) is 2.60. The summed E-state index contributed by atoms with van der Waals surface area (Å²) in [6, 6.07) is 9.72. The molecular weight excluding hydrogens is 294 g/mol. The molecule has 0 saturated carbocycles. The fourth-order valence-electron chi connectivity index (χ4n) is 1.63. The molecule has 0 unspecified atom stereocenters. The number of anilines is 2. The van der Waals surface area contributed by atoms with Crippen molar-refractivity contribution in [3.8, 4) is 5.75 Å². The van der Waals surface area contributed by atoms with Crippen molar-refractivity contribution in [1.29, 1.82) is 0 Å². The number of nitrogens with zero attached hydrogens (tertiary/aromatic N) is 3. The lowest BCUT2D eigenvalue weighted by Gasteiger charge is -2.19.